The van der Waals surface area contributed by atoms with Crippen LogP contribution in [0.15, 0.2) is 60.8 Å². The third-order valence-electron chi connectivity index (χ3n) is 5.54. The monoisotopic (exact) mass is 382 g/mol. The zero-order chi connectivity index (χ0) is 19.8. The third-order valence-corrected chi connectivity index (χ3v) is 5.54. The lowest BCUT2D eigenvalue weighted by molar-refractivity contribution is 0.528. The highest BCUT2D eigenvalue weighted by molar-refractivity contribution is 5.17. The van der Waals surface area contributed by atoms with Gasteiger partial charge in [0.25, 0.3) is 0 Å². The Balaban J connectivity index is 2.21. The summed E-state index contributed by atoms with van der Waals surface area (Å²) >= 11 is 0. The highest BCUT2D eigenvalue weighted by Gasteiger charge is 1.94. The Morgan fingerprint density at radius 3 is 0.714 bits per heavy atom. The van der Waals surface area contributed by atoms with Gasteiger partial charge < -0.3 is 0 Å². The molecule has 0 spiro atoms. The number of hydrogen-bond acceptors (Lipinski definition) is 0. The van der Waals surface area contributed by atoms with Gasteiger partial charge in [-0.25, -0.2) is 0 Å². The molecule has 0 aliphatic heterocycles. The van der Waals surface area contributed by atoms with Crippen LogP contribution in [-0.2, 0) is 0 Å². The second-order valence-corrected chi connectivity index (χ2v) is 8.25. The Morgan fingerprint density at radius 1 is 0.214 bits per heavy atom. The van der Waals surface area contributed by atoms with Crippen LogP contribution >= 0.6 is 0 Å². The van der Waals surface area contributed by atoms with Crippen molar-refractivity contribution >= 4 is 0 Å². The Kier molecular flexibility index (Phi) is 19.4. The topological polar surface area (TPSA) is 0 Å². The summed E-state index contributed by atoms with van der Waals surface area (Å²) < 4.78 is 0. The maximum Gasteiger partial charge on any atom is -0.0348 e. The Hall–Kier alpha value is -1.30. The van der Waals surface area contributed by atoms with Gasteiger partial charge in [-0.2, -0.15) is 0 Å². The van der Waals surface area contributed by atoms with E-state index < -0.39 is 0 Å². The summed E-state index contributed by atoms with van der Waals surface area (Å²) in [5.41, 5.74) is 0. The standard InChI is InChI=1S/C28H46/c1-2-4-6-8-10-12-14-16-18-20-22-24-26-28-27-25-23-21-19-17-15-13-11-9-7-5-3-1/h1-10H,11-28H2. The Morgan fingerprint density at radius 2 is 0.429 bits per heavy atom. The van der Waals surface area contributed by atoms with Crippen LogP contribution in [0.25, 0.3) is 0 Å². The van der Waals surface area contributed by atoms with Gasteiger partial charge in [0.15, 0.2) is 0 Å². The molecular formula is C28H46. The first-order valence-corrected chi connectivity index (χ1v) is 12.3. The molecule has 0 radical (unpaired) electrons. The average Bonchev–Trinajstić information content (AvgIpc) is 2.71. The normalized spacial score (nSPS) is 21.1. The van der Waals surface area contributed by atoms with Crippen molar-refractivity contribution in [1.29, 1.82) is 0 Å². The lowest BCUT2D eigenvalue weighted by atomic mass is 10.0. The second kappa shape index (κ2) is 22.0. The third kappa shape index (κ3) is 19.5. The molecule has 0 heterocycles. The van der Waals surface area contributed by atoms with Crippen molar-refractivity contribution < 1.29 is 0 Å². The summed E-state index contributed by atoms with van der Waals surface area (Å²) in [5.74, 6) is 0. The molecule has 0 saturated carbocycles. The zero-order valence-corrected chi connectivity index (χ0v) is 18.5. The molecule has 158 valence electrons. The Bertz CT molecular complexity index is 405. The summed E-state index contributed by atoms with van der Waals surface area (Å²) in [7, 11) is 0. The minimum Gasteiger partial charge on any atom is -0.0845 e. The first kappa shape index (κ1) is 24.7. The minimum absolute atomic E-state index is 1.22. The van der Waals surface area contributed by atoms with Gasteiger partial charge in [0.2, 0.25) is 0 Å². The van der Waals surface area contributed by atoms with E-state index in [2.05, 4.69) is 60.8 Å². The van der Waals surface area contributed by atoms with Gasteiger partial charge in [-0.05, 0) is 25.7 Å². The van der Waals surface area contributed by atoms with Gasteiger partial charge in [0, 0.05) is 0 Å². The molecule has 0 heteroatoms. The van der Waals surface area contributed by atoms with E-state index in [1.54, 1.807) is 0 Å². The molecule has 28 heavy (non-hydrogen) atoms. The van der Waals surface area contributed by atoms with E-state index in [1.165, 1.54) is 116 Å². The predicted octanol–water partition coefficient (Wildman–Crippen LogP) is 9.80. The molecule has 0 aromatic heterocycles. The molecule has 1 aliphatic carbocycles. The highest BCUT2D eigenvalue weighted by atomic mass is 14.0. The predicted molar refractivity (Wildman–Crippen MR) is 129 cm³/mol. The van der Waals surface area contributed by atoms with Crippen molar-refractivity contribution in [2.24, 2.45) is 0 Å². The smallest absolute Gasteiger partial charge is 0.0348 e. The maximum absolute atomic E-state index is 2.30. The van der Waals surface area contributed by atoms with E-state index in [-0.39, 0.29) is 0 Å². The van der Waals surface area contributed by atoms with Gasteiger partial charge in [-0.1, -0.05) is 151 Å². The van der Waals surface area contributed by atoms with Crippen molar-refractivity contribution in [3.63, 3.8) is 0 Å². The van der Waals surface area contributed by atoms with Gasteiger partial charge >= 0.3 is 0 Å². The molecule has 0 bridgehead atoms. The zero-order valence-electron chi connectivity index (χ0n) is 18.5. The summed E-state index contributed by atoms with van der Waals surface area (Å²) in [5, 5.41) is 0. The molecule has 0 nitrogen and oxygen atoms in total. The SMILES string of the molecule is C1=CC=CC=CCCCCCCCCCCCCCCCCCCC=CC=C1. The van der Waals surface area contributed by atoms with Gasteiger partial charge in [-0.15, -0.1) is 0 Å². The maximum atomic E-state index is 2.30. The lowest BCUT2D eigenvalue weighted by Gasteiger charge is -2.03. The number of allylic oxidation sites excluding steroid dienone is 10. The molecule has 1 rings (SSSR count). The van der Waals surface area contributed by atoms with E-state index in [9.17, 15) is 0 Å². The van der Waals surface area contributed by atoms with Crippen LogP contribution in [0.3, 0.4) is 0 Å². The molecular weight excluding hydrogens is 336 g/mol. The summed E-state index contributed by atoms with van der Waals surface area (Å²) in [6, 6.07) is 0. The Labute approximate surface area is 176 Å². The van der Waals surface area contributed by atoms with E-state index in [4.69, 9.17) is 0 Å². The van der Waals surface area contributed by atoms with Crippen molar-refractivity contribution in [3.05, 3.63) is 60.8 Å². The number of rotatable bonds is 0. The molecule has 0 N–H and O–H groups in total. The molecule has 0 saturated heterocycles. The molecule has 0 fully saturated rings. The lowest BCUT2D eigenvalue weighted by Crippen LogP contribution is -1.83. The fraction of sp³-hybridized carbons (Fsp3) is 0.643. The van der Waals surface area contributed by atoms with Crippen LogP contribution in [0.1, 0.15) is 116 Å². The summed E-state index contributed by atoms with van der Waals surface area (Å²) in [6.07, 6.45) is 47.0. The molecule has 1 aliphatic rings. The first-order chi connectivity index (χ1) is 14.0. The average molecular weight is 383 g/mol. The van der Waals surface area contributed by atoms with Crippen LogP contribution in [-0.4, -0.2) is 0 Å². The van der Waals surface area contributed by atoms with Crippen LogP contribution in [0.5, 0.6) is 0 Å². The van der Waals surface area contributed by atoms with Crippen molar-refractivity contribution in [3.8, 4) is 0 Å². The summed E-state index contributed by atoms with van der Waals surface area (Å²) in [4.78, 5) is 0. The fourth-order valence-corrected chi connectivity index (χ4v) is 3.73. The van der Waals surface area contributed by atoms with E-state index in [0.717, 1.165) is 0 Å². The van der Waals surface area contributed by atoms with Crippen LogP contribution in [0, 0.1) is 0 Å². The van der Waals surface area contributed by atoms with Crippen LogP contribution in [0.4, 0.5) is 0 Å². The van der Waals surface area contributed by atoms with Crippen molar-refractivity contribution in [1.82, 2.24) is 0 Å². The van der Waals surface area contributed by atoms with E-state index in [1.807, 2.05) is 0 Å². The van der Waals surface area contributed by atoms with Gasteiger partial charge in [0.1, 0.15) is 0 Å². The van der Waals surface area contributed by atoms with Crippen molar-refractivity contribution in [2.75, 3.05) is 0 Å². The minimum atomic E-state index is 1.22. The quantitative estimate of drug-likeness (QED) is 0.391. The molecule has 0 amide bonds. The van der Waals surface area contributed by atoms with Crippen LogP contribution < -0.4 is 0 Å². The number of hydrogen-bond donors (Lipinski definition) is 0. The second-order valence-electron chi connectivity index (χ2n) is 8.25. The highest BCUT2D eigenvalue weighted by Crippen LogP contribution is 2.14. The van der Waals surface area contributed by atoms with Gasteiger partial charge in [-0.3, -0.25) is 0 Å². The molecule has 0 atom stereocenters. The molecule has 0 aromatic rings. The van der Waals surface area contributed by atoms with Crippen molar-refractivity contribution in [2.45, 2.75) is 116 Å². The molecule has 0 aromatic carbocycles. The van der Waals surface area contributed by atoms with E-state index >= 15 is 0 Å². The fourth-order valence-electron chi connectivity index (χ4n) is 3.73. The van der Waals surface area contributed by atoms with Crippen LogP contribution in [0.2, 0.25) is 0 Å². The summed E-state index contributed by atoms with van der Waals surface area (Å²) in [6.45, 7) is 0. The largest absolute Gasteiger partial charge is 0.0845 e. The van der Waals surface area contributed by atoms with E-state index in [0.29, 0.717) is 0 Å². The first-order valence-electron chi connectivity index (χ1n) is 12.3. The molecule has 0 unspecified atom stereocenters. The van der Waals surface area contributed by atoms with Gasteiger partial charge in [0.05, 0.1) is 0 Å².